The molecule has 0 aromatic heterocycles. The first-order valence-corrected chi connectivity index (χ1v) is 8.03. The molecule has 0 heterocycles. The molecule has 0 aliphatic heterocycles. The first-order valence-electron chi connectivity index (χ1n) is 7.22. The Hall–Kier alpha value is -1.80. The van der Waals surface area contributed by atoms with Crippen LogP contribution in [0.4, 0.5) is 0 Å². The predicted molar refractivity (Wildman–Crippen MR) is 91.1 cm³/mol. The molecular weight excluding hydrogens is 260 g/mol. The van der Waals surface area contributed by atoms with E-state index in [1.165, 1.54) is 22.3 Å². The van der Waals surface area contributed by atoms with E-state index in [2.05, 4.69) is 62.4 Å². The molecule has 104 valence electrons. The molecule has 0 unspecified atom stereocenters. The van der Waals surface area contributed by atoms with E-state index in [1.807, 2.05) is 6.07 Å². The summed E-state index contributed by atoms with van der Waals surface area (Å²) in [5, 5.41) is 0. The van der Waals surface area contributed by atoms with Gasteiger partial charge in [-0.05, 0) is 41.2 Å². The van der Waals surface area contributed by atoms with Crippen molar-refractivity contribution in [1.82, 2.24) is 0 Å². The molecule has 0 fully saturated rings. The first-order chi connectivity index (χ1) is 9.80. The number of hydrogen-bond acceptors (Lipinski definition) is 1. The van der Waals surface area contributed by atoms with Crippen molar-refractivity contribution in [3.05, 3.63) is 64.7 Å². The quantitative estimate of drug-likeness (QED) is 0.601. The lowest BCUT2D eigenvalue weighted by atomic mass is 9.95. The highest BCUT2D eigenvalue weighted by molar-refractivity contribution is 6.00. The van der Waals surface area contributed by atoms with Gasteiger partial charge in [0.25, 0.3) is 0 Å². The van der Waals surface area contributed by atoms with E-state index in [1.54, 1.807) is 0 Å². The monoisotopic (exact) mass is 282 g/mol. The molecule has 1 nitrogen and oxygen atoms in total. The Kier molecular flexibility index (Phi) is 5.19. The lowest BCUT2D eigenvalue weighted by Gasteiger charge is -2.15. The van der Waals surface area contributed by atoms with Gasteiger partial charge in [-0.3, -0.25) is 0 Å². The molecule has 0 spiro atoms. The van der Waals surface area contributed by atoms with Crippen LogP contribution in [0.5, 0.6) is 5.75 Å². The Morgan fingerprint density at radius 2 is 1.60 bits per heavy atom. The predicted octanol–water partition coefficient (Wildman–Crippen LogP) is 3.64. The molecule has 0 bridgehead atoms. The third-order valence-corrected chi connectivity index (χ3v) is 4.05. The standard InChI is InChI=1S/C18H22OSi/c1-3-16-15(11-10-14-8-6-5-7-9-14)12-13-18(19-20)17(16)4-2/h5-13H,3-4H2,1-2,20H3. The van der Waals surface area contributed by atoms with Crippen LogP contribution >= 0.6 is 0 Å². The summed E-state index contributed by atoms with van der Waals surface area (Å²) in [5.74, 6) is 1.06. The van der Waals surface area contributed by atoms with Crippen LogP contribution in [0, 0.1) is 0 Å². The summed E-state index contributed by atoms with van der Waals surface area (Å²) in [4.78, 5) is 0. The molecule has 0 aliphatic carbocycles. The van der Waals surface area contributed by atoms with Crippen molar-refractivity contribution >= 4 is 22.6 Å². The van der Waals surface area contributed by atoms with Crippen molar-refractivity contribution in [1.29, 1.82) is 0 Å². The minimum absolute atomic E-state index is 0.743. The Balaban J connectivity index is 2.39. The average Bonchev–Trinajstić information content (AvgIpc) is 2.52. The summed E-state index contributed by atoms with van der Waals surface area (Å²) in [7, 11) is 0.743. The fourth-order valence-corrected chi connectivity index (χ4v) is 2.97. The van der Waals surface area contributed by atoms with Gasteiger partial charge in [-0.15, -0.1) is 0 Å². The Morgan fingerprint density at radius 3 is 2.20 bits per heavy atom. The molecule has 0 radical (unpaired) electrons. The largest absolute Gasteiger partial charge is 0.553 e. The minimum atomic E-state index is 0.743. The lowest BCUT2D eigenvalue weighted by Crippen LogP contribution is -1.99. The molecule has 0 atom stereocenters. The van der Waals surface area contributed by atoms with Gasteiger partial charge in [-0.25, -0.2) is 0 Å². The molecule has 0 saturated heterocycles. The van der Waals surface area contributed by atoms with E-state index in [-0.39, 0.29) is 0 Å². The van der Waals surface area contributed by atoms with Gasteiger partial charge in [0.15, 0.2) is 0 Å². The van der Waals surface area contributed by atoms with Gasteiger partial charge in [0.2, 0.25) is 10.5 Å². The van der Waals surface area contributed by atoms with E-state index in [9.17, 15) is 0 Å². The fourth-order valence-electron chi connectivity index (χ4n) is 2.59. The van der Waals surface area contributed by atoms with Crippen LogP contribution in [0.2, 0.25) is 0 Å². The first kappa shape index (κ1) is 14.6. The van der Waals surface area contributed by atoms with Crippen LogP contribution in [0.1, 0.15) is 36.1 Å². The molecule has 20 heavy (non-hydrogen) atoms. The SMILES string of the molecule is CCc1c(C=Cc2ccccc2)ccc(O[SiH3])c1CC. The van der Waals surface area contributed by atoms with Crippen LogP contribution in [-0.4, -0.2) is 10.5 Å². The van der Waals surface area contributed by atoms with Crippen molar-refractivity contribution in [3.63, 3.8) is 0 Å². The van der Waals surface area contributed by atoms with Crippen LogP contribution in [0.15, 0.2) is 42.5 Å². The zero-order valence-corrected chi connectivity index (χ0v) is 14.5. The summed E-state index contributed by atoms with van der Waals surface area (Å²) in [6, 6.07) is 14.7. The van der Waals surface area contributed by atoms with Gasteiger partial charge in [0.05, 0.1) is 0 Å². The van der Waals surface area contributed by atoms with Crippen molar-refractivity contribution in [2.24, 2.45) is 0 Å². The van der Waals surface area contributed by atoms with Gasteiger partial charge in [-0.2, -0.15) is 0 Å². The smallest absolute Gasteiger partial charge is 0.204 e. The van der Waals surface area contributed by atoms with Crippen molar-refractivity contribution < 1.29 is 4.43 Å². The zero-order chi connectivity index (χ0) is 14.4. The van der Waals surface area contributed by atoms with Crippen molar-refractivity contribution in [2.75, 3.05) is 0 Å². The average molecular weight is 282 g/mol. The summed E-state index contributed by atoms with van der Waals surface area (Å²) in [6.07, 6.45) is 6.45. The van der Waals surface area contributed by atoms with E-state index >= 15 is 0 Å². The second-order valence-electron chi connectivity index (χ2n) is 4.77. The van der Waals surface area contributed by atoms with Crippen molar-refractivity contribution in [3.8, 4) is 5.75 Å². The third kappa shape index (κ3) is 3.20. The molecule has 0 aliphatic rings. The third-order valence-electron chi connectivity index (χ3n) is 3.61. The highest BCUT2D eigenvalue weighted by atomic mass is 28.2. The number of rotatable bonds is 5. The Labute approximate surface area is 124 Å². The van der Waals surface area contributed by atoms with Gasteiger partial charge in [-0.1, -0.05) is 62.4 Å². The summed E-state index contributed by atoms with van der Waals surface area (Å²) in [5.41, 5.74) is 5.30. The highest BCUT2D eigenvalue weighted by Gasteiger charge is 2.09. The molecule has 2 heteroatoms. The molecule has 2 rings (SSSR count). The second-order valence-corrected chi connectivity index (χ2v) is 5.17. The highest BCUT2D eigenvalue weighted by Crippen LogP contribution is 2.27. The molecular formula is C18H22OSi. The Morgan fingerprint density at radius 1 is 0.900 bits per heavy atom. The molecule has 0 amide bonds. The summed E-state index contributed by atoms with van der Waals surface area (Å²) >= 11 is 0. The van der Waals surface area contributed by atoms with E-state index in [0.29, 0.717) is 0 Å². The van der Waals surface area contributed by atoms with Crippen molar-refractivity contribution in [2.45, 2.75) is 26.7 Å². The normalized spacial score (nSPS) is 11.1. The van der Waals surface area contributed by atoms with Crippen LogP contribution in [0.3, 0.4) is 0 Å². The van der Waals surface area contributed by atoms with Gasteiger partial charge >= 0.3 is 0 Å². The van der Waals surface area contributed by atoms with Gasteiger partial charge < -0.3 is 4.43 Å². The van der Waals surface area contributed by atoms with Crippen LogP contribution in [-0.2, 0) is 12.8 Å². The fraction of sp³-hybridized carbons (Fsp3) is 0.222. The minimum Gasteiger partial charge on any atom is -0.553 e. The summed E-state index contributed by atoms with van der Waals surface area (Å²) in [6.45, 7) is 4.41. The summed E-state index contributed by atoms with van der Waals surface area (Å²) < 4.78 is 5.61. The zero-order valence-electron chi connectivity index (χ0n) is 12.5. The van der Waals surface area contributed by atoms with Crippen LogP contribution in [0.25, 0.3) is 12.2 Å². The maximum atomic E-state index is 5.61. The topological polar surface area (TPSA) is 9.23 Å². The van der Waals surface area contributed by atoms with E-state index in [4.69, 9.17) is 4.43 Å². The Bertz CT molecular complexity index is 588. The molecule has 0 saturated carbocycles. The number of hydrogen-bond donors (Lipinski definition) is 0. The number of benzene rings is 2. The maximum absolute atomic E-state index is 5.61. The van der Waals surface area contributed by atoms with Crippen LogP contribution < -0.4 is 4.43 Å². The molecule has 0 N–H and O–H groups in total. The molecule has 2 aromatic rings. The molecule has 2 aromatic carbocycles. The van der Waals surface area contributed by atoms with E-state index < -0.39 is 0 Å². The second kappa shape index (κ2) is 7.11. The van der Waals surface area contributed by atoms with Gasteiger partial charge in [0.1, 0.15) is 5.75 Å². The van der Waals surface area contributed by atoms with Gasteiger partial charge in [0, 0.05) is 0 Å². The lowest BCUT2D eigenvalue weighted by molar-refractivity contribution is 0.604. The van der Waals surface area contributed by atoms with E-state index in [0.717, 1.165) is 29.1 Å². The maximum Gasteiger partial charge on any atom is 0.204 e.